The van der Waals surface area contributed by atoms with Gasteiger partial charge >= 0.3 is 0 Å². The van der Waals surface area contributed by atoms with Gasteiger partial charge in [0.1, 0.15) is 5.76 Å². The second kappa shape index (κ2) is 6.70. The van der Waals surface area contributed by atoms with Crippen LogP contribution in [-0.4, -0.2) is 43.9 Å². The van der Waals surface area contributed by atoms with E-state index in [2.05, 4.69) is 30.9 Å². The number of hydrogen-bond acceptors (Lipinski definition) is 4. The lowest BCUT2D eigenvalue weighted by molar-refractivity contribution is -0.00799. The van der Waals surface area contributed by atoms with Crippen molar-refractivity contribution in [3.05, 3.63) is 36.0 Å². The number of hydrogen-bond donors (Lipinski definition) is 0. The van der Waals surface area contributed by atoms with Crippen LogP contribution in [0.4, 0.5) is 0 Å². The van der Waals surface area contributed by atoms with Gasteiger partial charge in [0, 0.05) is 24.6 Å². The molecule has 2 aliphatic rings. The molecule has 1 aromatic heterocycles. The predicted molar refractivity (Wildman–Crippen MR) is 90.3 cm³/mol. The van der Waals surface area contributed by atoms with Gasteiger partial charge in [-0.05, 0) is 44.0 Å². The summed E-state index contributed by atoms with van der Waals surface area (Å²) in [5, 5.41) is 0. The van der Waals surface area contributed by atoms with Crippen molar-refractivity contribution in [3.63, 3.8) is 0 Å². The Morgan fingerprint density at radius 3 is 2.83 bits per heavy atom. The smallest absolute Gasteiger partial charge is 0.112 e. The highest BCUT2D eigenvalue weighted by atomic mass is 16.5. The molecule has 1 aromatic rings. The number of furan rings is 1. The van der Waals surface area contributed by atoms with Crippen LogP contribution in [0, 0.1) is 5.92 Å². The van der Waals surface area contributed by atoms with Gasteiger partial charge < -0.3 is 13.9 Å². The summed E-state index contributed by atoms with van der Waals surface area (Å²) in [6.45, 7) is 6.50. The quantitative estimate of drug-likeness (QED) is 0.799. The fourth-order valence-corrected chi connectivity index (χ4v) is 4.92. The average Bonchev–Trinajstić information content (AvgIpc) is 3.27. The van der Waals surface area contributed by atoms with Crippen molar-refractivity contribution in [2.75, 3.05) is 27.4 Å². The Labute approximate surface area is 139 Å². The standard InChI is InChI=1S/C19H29NO3/c1-5-19(20-10-6-8-15(20)13-21-3)14(2)18(22-4)12-16(19)17-9-7-11-23-17/h7,9,11-12,14-16H,5-6,8,10,13H2,1-4H3/t14-,15-,16-,19+/m0/s1. The maximum Gasteiger partial charge on any atom is 0.112 e. The molecular formula is C19H29NO3. The van der Waals surface area contributed by atoms with Gasteiger partial charge in [0.15, 0.2) is 0 Å². The van der Waals surface area contributed by atoms with Crippen LogP contribution < -0.4 is 0 Å². The van der Waals surface area contributed by atoms with E-state index in [0.29, 0.717) is 12.0 Å². The Kier molecular flexibility index (Phi) is 4.83. The summed E-state index contributed by atoms with van der Waals surface area (Å²) in [6.07, 6.45) is 7.54. The van der Waals surface area contributed by atoms with E-state index in [9.17, 15) is 0 Å². The van der Waals surface area contributed by atoms with Gasteiger partial charge in [-0.15, -0.1) is 0 Å². The molecule has 0 aromatic carbocycles. The molecule has 0 amide bonds. The Bertz CT molecular complexity index is 539. The summed E-state index contributed by atoms with van der Waals surface area (Å²) in [6, 6.07) is 4.55. The summed E-state index contributed by atoms with van der Waals surface area (Å²) < 4.78 is 17.0. The molecule has 3 rings (SSSR count). The van der Waals surface area contributed by atoms with E-state index in [1.54, 1.807) is 20.5 Å². The molecule has 0 unspecified atom stereocenters. The molecule has 1 fully saturated rings. The SMILES string of the molecule is CC[C@@]1(N2CCC[C@H]2COC)[C@@H](C)C(OC)=C[C@H]1c1ccco1. The van der Waals surface area contributed by atoms with Crippen molar-refractivity contribution in [2.24, 2.45) is 5.92 Å². The molecule has 2 heterocycles. The van der Waals surface area contributed by atoms with Crippen LogP contribution in [0.3, 0.4) is 0 Å². The molecule has 0 N–H and O–H groups in total. The third-order valence-electron chi connectivity index (χ3n) is 5.97. The maximum absolute atomic E-state index is 5.81. The summed E-state index contributed by atoms with van der Waals surface area (Å²) in [4.78, 5) is 2.68. The Hall–Kier alpha value is -1.26. The zero-order valence-corrected chi connectivity index (χ0v) is 14.7. The average molecular weight is 319 g/mol. The second-order valence-corrected chi connectivity index (χ2v) is 6.78. The molecule has 0 bridgehead atoms. The topological polar surface area (TPSA) is 34.8 Å². The first-order valence-electron chi connectivity index (χ1n) is 8.73. The third-order valence-corrected chi connectivity index (χ3v) is 5.97. The first kappa shape index (κ1) is 16.6. The number of ether oxygens (including phenoxy) is 2. The van der Waals surface area contributed by atoms with Crippen molar-refractivity contribution in [1.82, 2.24) is 4.90 Å². The maximum atomic E-state index is 5.81. The van der Waals surface area contributed by atoms with Crippen LogP contribution in [0.15, 0.2) is 34.6 Å². The van der Waals surface area contributed by atoms with Crippen LogP contribution in [0.5, 0.6) is 0 Å². The van der Waals surface area contributed by atoms with Crippen LogP contribution in [0.1, 0.15) is 44.8 Å². The van der Waals surface area contributed by atoms with Gasteiger partial charge in [-0.2, -0.15) is 0 Å². The van der Waals surface area contributed by atoms with Gasteiger partial charge in [-0.3, -0.25) is 4.90 Å². The van der Waals surface area contributed by atoms with Crippen LogP contribution >= 0.6 is 0 Å². The van der Waals surface area contributed by atoms with E-state index >= 15 is 0 Å². The molecule has 0 saturated carbocycles. The zero-order chi connectivity index (χ0) is 16.4. The molecular weight excluding hydrogens is 290 g/mol. The molecule has 1 aliphatic heterocycles. The van der Waals surface area contributed by atoms with E-state index in [-0.39, 0.29) is 11.5 Å². The fourth-order valence-electron chi connectivity index (χ4n) is 4.92. The van der Waals surface area contributed by atoms with Gasteiger partial charge in [0.25, 0.3) is 0 Å². The minimum absolute atomic E-state index is 0.00287. The second-order valence-electron chi connectivity index (χ2n) is 6.78. The lowest BCUT2D eigenvalue weighted by Crippen LogP contribution is -2.57. The van der Waals surface area contributed by atoms with Crippen molar-refractivity contribution in [2.45, 2.75) is 50.6 Å². The predicted octanol–water partition coefficient (Wildman–Crippen LogP) is 3.80. The highest BCUT2D eigenvalue weighted by molar-refractivity contribution is 5.33. The van der Waals surface area contributed by atoms with Crippen molar-refractivity contribution in [1.29, 1.82) is 0 Å². The lowest BCUT2D eigenvalue weighted by Gasteiger charge is -2.48. The molecule has 1 saturated heterocycles. The normalized spacial score (nSPS) is 34.8. The van der Waals surface area contributed by atoms with E-state index in [1.165, 1.54) is 12.8 Å². The summed E-state index contributed by atoms with van der Waals surface area (Å²) >= 11 is 0. The van der Waals surface area contributed by atoms with E-state index in [0.717, 1.165) is 31.1 Å². The van der Waals surface area contributed by atoms with Gasteiger partial charge in [-0.1, -0.05) is 13.8 Å². The van der Waals surface area contributed by atoms with Crippen LogP contribution in [-0.2, 0) is 9.47 Å². The largest absolute Gasteiger partial charge is 0.501 e. The molecule has 4 heteroatoms. The van der Waals surface area contributed by atoms with E-state index < -0.39 is 0 Å². The summed E-state index contributed by atoms with van der Waals surface area (Å²) in [7, 11) is 3.58. The third kappa shape index (κ3) is 2.52. The Morgan fingerprint density at radius 2 is 2.22 bits per heavy atom. The van der Waals surface area contributed by atoms with Crippen LogP contribution in [0.25, 0.3) is 0 Å². The molecule has 0 radical (unpaired) electrons. The lowest BCUT2D eigenvalue weighted by atomic mass is 9.74. The van der Waals surface area contributed by atoms with Crippen molar-refractivity contribution in [3.8, 4) is 0 Å². The number of nitrogens with zero attached hydrogens (tertiary/aromatic N) is 1. The number of rotatable bonds is 6. The van der Waals surface area contributed by atoms with Crippen molar-refractivity contribution < 1.29 is 13.9 Å². The van der Waals surface area contributed by atoms with E-state index in [4.69, 9.17) is 13.9 Å². The fraction of sp³-hybridized carbons (Fsp3) is 0.684. The summed E-state index contributed by atoms with van der Waals surface area (Å²) in [5.41, 5.74) is 0.00287. The molecule has 128 valence electrons. The Balaban J connectivity index is 2.03. The van der Waals surface area contributed by atoms with Gasteiger partial charge in [0.2, 0.25) is 0 Å². The number of likely N-dealkylation sites (tertiary alicyclic amines) is 1. The minimum atomic E-state index is 0.00287. The van der Waals surface area contributed by atoms with Gasteiger partial charge in [0.05, 0.1) is 31.7 Å². The van der Waals surface area contributed by atoms with Crippen LogP contribution in [0.2, 0.25) is 0 Å². The molecule has 23 heavy (non-hydrogen) atoms. The molecule has 4 atom stereocenters. The first-order chi connectivity index (χ1) is 11.2. The monoisotopic (exact) mass is 319 g/mol. The molecule has 4 nitrogen and oxygen atoms in total. The van der Waals surface area contributed by atoms with E-state index in [1.807, 2.05) is 6.07 Å². The zero-order valence-electron chi connectivity index (χ0n) is 14.7. The minimum Gasteiger partial charge on any atom is -0.501 e. The summed E-state index contributed by atoms with van der Waals surface area (Å²) in [5.74, 6) is 2.68. The first-order valence-corrected chi connectivity index (χ1v) is 8.73. The van der Waals surface area contributed by atoms with Gasteiger partial charge in [-0.25, -0.2) is 0 Å². The van der Waals surface area contributed by atoms with Crippen molar-refractivity contribution >= 4 is 0 Å². The molecule has 1 aliphatic carbocycles. The highest BCUT2D eigenvalue weighted by Gasteiger charge is 2.55. The molecule has 0 spiro atoms. The Morgan fingerprint density at radius 1 is 1.39 bits per heavy atom. The highest BCUT2D eigenvalue weighted by Crippen LogP contribution is 2.53. The number of methoxy groups -OCH3 is 2.